The molecule has 0 aromatic carbocycles. The van der Waals surface area contributed by atoms with Crippen LogP contribution in [0.2, 0.25) is 0 Å². The Morgan fingerprint density at radius 1 is 1.70 bits per heavy atom. The van der Waals surface area contributed by atoms with E-state index in [1.807, 2.05) is 0 Å². The predicted molar refractivity (Wildman–Crippen MR) is 46.3 cm³/mol. The molecule has 2 heteroatoms. The monoisotopic (exact) mass is 144 g/mol. The topological polar surface area (TPSA) is 15.3 Å². The molecule has 62 valence electrons. The minimum absolute atomic E-state index is 0. The van der Waals surface area contributed by atoms with Crippen LogP contribution in [0.1, 0.15) is 21.7 Å². The summed E-state index contributed by atoms with van der Waals surface area (Å²) in [4.78, 5) is 2.35. The maximum Gasteiger partial charge on any atom is 0.0292 e. The van der Waals surface area contributed by atoms with Crippen LogP contribution >= 0.6 is 0 Å². The van der Waals surface area contributed by atoms with Crippen LogP contribution in [0.5, 0.6) is 0 Å². The van der Waals surface area contributed by atoms with Crippen molar-refractivity contribution in [2.45, 2.75) is 25.8 Å². The van der Waals surface area contributed by atoms with E-state index in [1.165, 1.54) is 19.5 Å². The molecule has 10 heavy (non-hydrogen) atoms. The van der Waals surface area contributed by atoms with Crippen molar-refractivity contribution in [3.8, 4) is 0 Å². The molecule has 1 fully saturated rings. The van der Waals surface area contributed by atoms with E-state index >= 15 is 0 Å². The van der Waals surface area contributed by atoms with Gasteiger partial charge in [0.15, 0.2) is 0 Å². The molecule has 1 N–H and O–H groups in total. The lowest BCUT2D eigenvalue weighted by atomic mass is 9.90. The van der Waals surface area contributed by atoms with E-state index in [2.05, 4.69) is 31.1 Å². The summed E-state index contributed by atoms with van der Waals surface area (Å²) in [7, 11) is 2.17. The third-order valence-corrected chi connectivity index (χ3v) is 2.39. The molecule has 0 aromatic heterocycles. The van der Waals surface area contributed by atoms with E-state index < -0.39 is 0 Å². The fraction of sp³-hybridized carbons (Fsp3) is 1.00. The average molecular weight is 144 g/mol. The number of rotatable bonds is 3. The number of nitrogens with zero attached hydrogens (tertiary/aromatic N) is 1. The summed E-state index contributed by atoms with van der Waals surface area (Å²) >= 11 is 0. The third kappa shape index (κ3) is 1.70. The Morgan fingerprint density at radius 3 is 2.60 bits per heavy atom. The SMILES string of the molecule is CCN(C)CC1(C)CCN1.[HH]. The lowest BCUT2D eigenvalue weighted by molar-refractivity contribution is 0.159. The highest BCUT2D eigenvalue weighted by atomic mass is 15.2. The number of hydrogen-bond acceptors (Lipinski definition) is 2. The summed E-state index contributed by atoms with van der Waals surface area (Å²) in [6.07, 6.45) is 1.33. The summed E-state index contributed by atoms with van der Waals surface area (Å²) in [6.45, 7) is 8.03. The van der Waals surface area contributed by atoms with E-state index in [-0.39, 0.29) is 1.43 Å². The minimum Gasteiger partial charge on any atom is -0.310 e. The van der Waals surface area contributed by atoms with Gasteiger partial charge in [-0.1, -0.05) is 6.92 Å². The van der Waals surface area contributed by atoms with Crippen LogP contribution in [0.25, 0.3) is 0 Å². The molecule has 2 nitrogen and oxygen atoms in total. The molecule has 1 unspecified atom stereocenters. The van der Waals surface area contributed by atoms with Gasteiger partial charge in [0, 0.05) is 13.5 Å². The molecule has 1 atom stereocenters. The zero-order valence-electron chi connectivity index (χ0n) is 7.28. The highest BCUT2D eigenvalue weighted by Gasteiger charge is 2.31. The first-order valence-corrected chi connectivity index (χ1v) is 4.10. The van der Waals surface area contributed by atoms with Crippen LogP contribution in [0.15, 0.2) is 0 Å². The van der Waals surface area contributed by atoms with E-state index in [0.29, 0.717) is 5.54 Å². The van der Waals surface area contributed by atoms with Gasteiger partial charge >= 0.3 is 0 Å². The quantitative estimate of drug-likeness (QED) is 0.634. The van der Waals surface area contributed by atoms with Crippen LogP contribution in [-0.2, 0) is 0 Å². The molecule has 1 saturated heterocycles. The zero-order chi connectivity index (χ0) is 7.61. The van der Waals surface area contributed by atoms with Crippen molar-refractivity contribution in [3.05, 3.63) is 0 Å². The van der Waals surface area contributed by atoms with Gasteiger partial charge in [-0.15, -0.1) is 0 Å². The normalized spacial score (nSPS) is 32.4. The van der Waals surface area contributed by atoms with Gasteiger partial charge in [-0.05, 0) is 33.5 Å². The summed E-state index contributed by atoms with van der Waals surface area (Å²) in [6, 6.07) is 0. The van der Waals surface area contributed by atoms with Crippen LogP contribution in [0.3, 0.4) is 0 Å². The van der Waals surface area contributed by atoms with Crippen molar-refractivity contribution in [3.63, 3.8) is 0 Å². The van der Waals surface area contributed by atoms with Crippen molar-refractivity contribution in [2.24, 2.45) is 0 Å². The molecule has 0 saturated carbocycles. The Kier molecular flexibility index (Phi) is 2.32. The van der Waals surface area contributed by atoms with Crippen molar-refractivity contribution in [1.29, 1.82) is 0 Å². The van der Waals surface area contributed by atoms with Gasteiger partial charge in [-0.2, -0.15) is 0 Å². The highest BCUT2D eigenvalue weighted by Crippen LogP contribution is 2.17. The van der Waals surface area contributed by atoms with Gasteiger partial charge in [0.1, 0.15) is 0 Å². The Bertz CT molecular complexity index is 113. The molecule has 1 aliphatic heterocycles. The summed E-state index contributed by atoms with van der Waals surface area (Å²) in [5, 5.41) is 3.45. The largest absolute Gasteiger partial charge is 0.310 e. The standard InChI is InChI=1S/C8H18N2.H2/c1-4-10(3)7-8(2)5-6-9-8;/h9H,4-7H2,1-3H3;1H. The van der Waals surface area contributed by atoms with Crippen LogP contribution in [0.4, 0.5) is 0 Å². The van der Waals surface area contributed by atoms with Crippen molar-refractivity contribution in [2.75, 3.05) is 26.7 Å². The first-order chi connectivity index (χ1) is 4.66. The van der Waals surface area contributed by atoms with Gasteiger partial charge in [0.2, 0.25) is 0 Å². The molecule has 1 heterocycles. The first-order valence-electron chi connectivity index (χ1n) is 4.10. The fourth-order valence-electron chi connectivity index (χ4n) is 1.39. The van der Waals surface area contributed by atoms with Crippen LogP contribution < -0.4 is 5.32 Å². The van der Waals surface area contributed by atoms with Crippen LogP contribution in [0, 0.1) is 0 Å². The number of likely N-dealkylation sites (N-methyl/N-ethyl adjacent to an activating group) is 1. The maximum absolute atomic E-state index is 3.45. The van der Waals surface area contributed by atoms with Crippen LogP contribution in [-0.4, -0.2) is 37.1 Å². The van der Waals surface area contributed by atoms with Gasteiger partial charge in [-0.3, -0.25) is 0 Å². The van der Waals surface area contributed by atoms with Crippen molar-refractivity contribution < 1.29 is 1.43 Å². The Labute approximate surface area is 65.1 Å². The molecular formula is C8H20N2. The number of nitrogens with one attached hydrogen (secondary N) is 1. The summed E-state index contributed by atoms with van der Waals surface area (Å²) < 4.78 is 0. The van der Waals surface area contributed by atoms with Gasteiger partial charge in [-0.25, -0.2) is 0 Å². The third-order valence-electron chi connectivity index (χ3n) is 2.39. The molecule has 1 aliphatic rings. The fourth-order valence-corrected chi connectivity index (χ4v) is 1.39. The second kappa shape index (κ2) is 2.89. The molecular weight excluding hydrogens is 124 g/mol. The van der Waals surface area contributed by atoms with Crippen molar-refractivity contribution >= 4 is 0 Å². The lowest BCUT2D eigenvalue weighted by Gasteiger charge is -2.42. The molecule has 0 amide bonds. The minimum atomic E-state index is 0. The van der Waals surface area contributed by atoms with Gasteiger partial charge in [0.25, 0.3) is 0 Å². The molecule has 0 bridgehead atoms. The Morgan fingerprint density at radius 2 is 2.30 bits per heavy atom. The lowest BCUT2D eigenvalue weighted by Crippen LogP contribution is -2.60. The average Bonchev–Trinajstić information content (AvgIpc) is 1.84. The molecule has 0 radical (unpaired) electrons. The molecule has 0 aliphatic carbocycles. The first kappa shape index (κ1) is 8.02. The predicted octanol–water partition coefficient (Wildman–Crippen LogP) is 0.936. The summed E-state index contributed by atoms with van der Waals surface area (Å²) in [5.41, 5.74) is 0.421. The van der Waals surface area contributed by atoms with Gasteiger partial charge in [0.05, 0.1) is 0 Å². The molecule has 0 aromatic rings. The number of hydrogen-bond donors (Lipinski definition) is 1. The summed E-state index contributed by atoms with van der Waals surface area (Å²) in [5.74, 6) is 0. The van der Waals surface area contributed by atoms with E-state index in [4.69, 9.17) is 0 Å². The maximum atomic E-state index is 3.45. The second-order valence-corrected chi connectivity index (χ2v) is 3.57. The Balaban J connectivity index is 0.000001000. The smallest absolute Gasteiger partial charge is 0.0292 e. The van der Waals surface area contributed by atoms with E-state index in [0.717, 1.165) is 6.54 Å². The zero-order valence-corrected chi connectivity index (χ0v) is 7.28. The molecule has 0 spiro atoms. The van der Waals surface area contributed by atoms with E-state index in [9.17, 15) is 0 Å². The van der Waals surface area contributed by atoms with Crippen molar-refractivity contribution in [1.82, 2.24) is 10.2 Å². The second-order valence-electron chi connectivity index (χ2n) is 3.57. The van der Waals surface area contributed by atoms with E-state index in [1.54, 1.807) is 0 Å². The Hall–Kier alpha value is -0.0800. The van der Waals surface area contributed by atoms with Gasteiger partial charge < -0.3 is 10.2 Å². The highest BCUT2D eigenvalue weighted by molar-refractivity contribution is 4.94. The molecule has 1 rings (SSSR count).